The Morgan fingerprint density at radius 1 is 1.14 bits per heavy atom. The summed E-state index contributed by atoms with van der Waals surface area (Å²) in [6.45, 7) is 4.06. The molecule has 1 aliphatic carbocycles. The summed E-state index contributed by atoms with van der Waals surface area (Å²) in [6.07, 6.45) is 0.864. The molecule has 0 spiro atoms. The van der Waals surface area contributed by atoms with E-state index in [-0.39, 0.29) is 34.3 Å². The molecule has 3 aromatic rings. The second-order valence-corrected chi connectivity index (χ2v) is 13.2. The number of nitrogens with one attached hydrogen (secondary N) is 1. The molecule has 1 atom stereocenters. The number of nitrogens with two attached hydrogens (primary N) is 1. The van der Waals surface area contributed by atoms with Gasteiger partial charge >= 0.3 is 0 Å². The molecule has 2 aromatic carbocycles. The lowest BCUT2D eigenvalue weighted by Crippen LogP contribution is -2.42. The highest BCUT2D eigenvalue weighted by atomic mass is 32.2. The molecule has 0 bridgehead atoms. The molecule has 0 saturated carbocycles. The van der Waals surface area contributed by atoms with Crippen LogP contribution in [0.2, 0.25) is 0 Å². The standard InChI is InChI=1S/C31H32N6O5S2/c1-31(2)13-22-27(23(38)14-31)26(20-8-6-7-9-24(20)42-5)21(15-32)28(33)37(22)29-35-36-30(44-29)43-16-25(39)34-17-10-18(40-3)12-19(11-17)41-4/h6-12,26H,13-14,16,33H2,1-5H3,(H,34,39). The number of ketones is 1. The van der Waals surface area contributed by atoms with Crippen LogP contribution in [0.3, 0.4) is 0 Å². The fourth-order valence-electron chi connectivity index (χ4n) is 5.50. The number of para-hydroxylation sites is 1. The highest BCUT2D eigenvalue weighted by molar-refractivity contribution is 8.01. The molecule has 2 heterocycles. The zero-order valence-corrected chi connectivity index (χ0v) is 26.6. The van der Waals surface area contributed by atoms with Crippen molar-refractivity contribution in [2.45, 2.75) is 36.9 Å². The van der Waals surface area contributed by atoms with Crippen molar-refractivity contribution >= 4 is 45.6 Å². The fourth-order valence-corrected chi connectivity index (χ4v) is 7.18. The summed E-state index contributed by atoms with van der Waals surface area (Å²) < 4.78 is 16.7. The van der Waals surface area contributed by atoms with Gasteiger partial charge in [-0.2, -0.15) is 5.26 Å². The molecule has 0 saturated heterocycles. The van der Waals surface area contributed by atoms with Gasteiger partial charge in [0.15, 0.2) is 10.1 Å². The Hall–Kier alpha value is -4.54. The van der Waals surface area contributed by atoms with E-state index in [1.54, 1.807) is 36.3 Å². The maximum atomic E-state index is 13.8. The molecular weight excluding hydrogens is 601 g/mol. The predicted molar refractivity (Wildman–Crippen MR) is 169 cm³/mol. The Morgan fingerprint density at radius 3 is 2.50 bits per heavy atom. The van der Waals surface area contributed by atoms with Crippen LogP contribution in [0.15, 0.2) is 69.5 Å². The lowest BCUT2D eigenvalue weighted by atomic mass is 9.68. The summed E-state index contributed by atoms with van der Waals surface area (Å²) >= 11 is 2.45. The molecule has 44 heavy (non-hydrogen) atoms. The Kier molecular flexibility index (Phi) is 8.85. The minimum Gasteiger partial charge on any atom is -0.497 e. The van der Waals surface area contributed by atoms with Gasteiger partial charge in [0, 0.05) is 47.1 Å². The molecule has 3 N–H and O–H groups in total. The monoisotopic (exact) mass is 632 g/mol. The molecule has 0 radical (unpaired) electrons. The minimum absolute atomic E-state index is 0.0534. The van der Waals surface area contributed by atoms with Crippen LogP contribution in [-0.2, 0) is 9.59 Å². The number of aromatic nitrogens is 2. The molecule has 2 aliphatic rings. The average Bonchev–Trinajstić information content (AvgIpc) is 3.47. The van der Waals surface area contributed by atoms with Crippen molar-refractivity contribution in [3.05, 3.63) is 70.7 Å². The average molecular weight is 633 g/mol. The number of hydrogen-bond acceptors (Lipinski definition) is 12. The van der Waals surface area contributed by atoms with Gasteiger partial charge < -0.3 is 25.3 Å². The summed E-state index contributed by atoms with van der Waals surface area (Å²) in [7, 11) is 4.63. The first kappa shape index (κ1) is 30.9. The molecule has 1 unspecified atom stereocenters. The molecule has 228 valence electrons. The van der Waals surface area contributed by atoms with Crippen LogP contribution in [0, 0.1) is 16.7 Å². The van der Waals surface area contributed by atoms with Crippen LogP contribution < -0.4 is 30.2 Å². The Morgan fingerprint density at radius 2 is 1.84 bits per heavy atom. The van der Waals surface area contributed by atoms with E-state index in [4.69, 9.17) is 19.9 Å². The Labute approximate surface area is 263 Å². The fraction of sp³-hybridized carbons (Fsp3) is 0.323. The lowest BCUT2D eigenvalue weighted by Gasteiger charge is -2.42. The first-order valence-electron chi connectivity index (χ1n) is 13.7. The molecule has 11 nitrogen and oxygen atoms in total. The third-order valence-electron chi connectivity index (χ3n) is 7.38. The van der Waals surface area contributed by atoms with Crippen LogP contribution in [0.4, 0.5) is 10.8 Å². The zero-order valence-electron chi connectivity index (χ0n) is 25.0. The van der Waals surface area contributed by atoms with Gasteiger partial charge in [0.05, 0.1) is 44.6 Å². The number of methoxy groups -OCH3 is 3. The number of carbonyl (C=O) groups is 2. The minimum atomic E-state index is -0.674. The van der Waals surface area contributed by atoms with Crippen LogP contribution in [-0.4, -0.2) is 49.0 Å². The van der Waals surface area contributed by atoms with E-state index in [0.717, 1.165) is 0 Å². The molecular formula is C31H32N6O5S2. The topological polar surface area (TPSA) is 153 Å². The van der Waals surface area contributed by atoms with Crippen molar-refractivity contribution in [3.8, 4) is 23.3 Å². The third-order valence-corrected chi connectivity index (χ3v) is 9.42. The summed E-state index contributed by atoms with van der Waals surface area (Å²) in [4.78, 5) is 28.2. The second-order valence-electron chi connectivity index (χ2n) is 11.0. The third kappa shape index (κ3) is 6.09. The molecule has 5 rings (SSSR count). The van der Waals surface area contributed by atoms with Gasteiger partial charge in [0.25, 0.3) is 0 Å². The number of carbonyl (C=O) groups excluding carboxylic acids is 2. The van der Waals surface area contributed by atoms with E-state index in [9.17, 15) is 14.9 Å². The van der Waals surface area contributed by atoms with Gasteiger partial charge in [-0.05, 0) is 17.9 Å². The van der Waals surface area contributed by atoms with Crippen LogP contribution in [0.5, 0.6) is 17.2 Å². The van der Waals surface area contributed by atoms with Gasteiger partial charge in [-0.25, -0.2) is 0 Å². The summed E-state index contributed by atoms with van der Waals surface area (Å²) in [5.74, 6) is 0.941. The number of thioether (sulfide) groups is 1. The molecule has 1 amide bonds. The predicted octanol–water partition coefficient (Wildman–Crippen LogP) is 5.24. The van der Waals surface area contributed by atoms with E-state index < -0.39 is 5.92 Å². The number of amides is 1. The number of Topliss-reactive ketones (excluding diaryl/α,β-unsaturated/α-hetero) is 1. The number of benzene rings is 2. The van der Waals surface area contributed by atoms with Gasteiger partial charge in [-0.15, -0.1) is 10.2 Å². The second kappa shape index (κ2) is 12.6. The number of nitrogens with zero attached hydrogens (tertiary/aromatic N) is 4. The van der Waals surface area contributed by atoms with Gasteiger partial charge in [-0.3, -0.25) is 14.5 Å². The number of nitriles is 1. The van der Waals surface area contributed by atoms with E-state index in [0.29, 0.717) is 62.1 Å². The van der Waals surface area contributed by atoms with Crippen molar-refractivity contribution in [1.29, 1.82) is 5.26 Å². The van der Waals surface area contributed by atoms with Crippen molar-refractivity contribution in [3.63, 3.8) is 0 Å². The summed E-state index contributed by atoms with van der Waals surface area (Å²) in [6, 6.07) is 14.7. The number of ether oxygens (including phenoxy) is 3. The van der Waals surface area contributed by atoms with Crippen LogP contribution >= 0.6 is 23.1 Å². The van der Waals surface area contributed by atoms with E-state index in [1.165, 1.54) is 37.3 Å². The number of hydrogen-bond donors (Lipinski definition) is 2. The highest BCUT2D eigenvalue weighted by Gasteiger charge is 2.46. The normalized spacial score (nSPS) is 17.6. The van der Waals surface area contributed by atoms with Crippen LogP contribution in [0.1, 0.15) is 38.2 Å². The SMILES string of the molecule is COc1cc(NC(=O)CSc2nnc(N3C(N)=C(C#N)C(c4ccccc4OC)C4=C3CC(C)(C)CC4=O)s2)cc(OC)c1. The molecule has 13 heteroatoms. The Bertz CT molecular complexity index is 1700. The smallest absolute Gasteiger partial charge is 0.234 e. The van der Waals surface area contributed by atoms with Crippen molar-refractivity contribution in [2.24, 2.45) is 11.1 Å². The van der Waals surface area contributed by atoms with Crippen LogP contribution in [0.25, 0.3) is 0 Å². The number of allylic oxidation sites excluding steroid dienone is 3. The quantitative estimate of drug-likeness (QED) is 0.298. The molecule has 1 aromatic heterocycles. The Balaban J connectivity index is 1.45. The van der Waals surface area contributed by atoms with Gasteiger partial charge in [0.1, 0.15) is 23.1 Å². The van der Waals surface area contributed by atoms with Crippen molar-refractivity contribution < 1.29 is 23.8 Å². The largest absolute Gasteiger partial charge is 0.497 e. The first-order valence-corrected chi connectivity index (χ1v) is 15.5. The molecule has 0 fully saturated rings. The summed E-state index contributed by atoms with van der Waals surface area (Å²) in [5, 5.41) is 22.3. The van der Waals surface area contributed by atoms with E-state index in [2.05, 4.69) is 21.6 Å². The van der Waals surface area contributed by atoms with Crippen molar-refractivity contribution in [1.82, 2.24) is 10.2 Å². The zero-order chi connectivity index (χ0) is 31.6. The molecule has 1 aliphatic heterocycles. The number of rotatable bonds is 9. The highest BCUT2D eigenvalue weighted by Crippen LogP contribution is 2.52. The summed E-state index contributed by atoms with van der Waals surface area (Å²) in [5.41, 5.74) is 9.06. The lowest BCUT2D eigenvalue weighted by molar-refractivity contribution is -0.118. The van der Waals surface area contributed by atoms with Gasteiger partial charge in [0.2, 0.25) is 11.0 Å². The van der Waals surface area contributed by atoms with Gasteiger partial charge in [-0.1, -0.05) is 55.1 Å². The maximum absolute atomic E-state index is 13.8. The first-order chi connectivity index (χ1) is 21.1. The maximum Gasteiger partial charge on any atom is 0.234 e. The van der Waals surface area contributed by atoms with E-state index in [1.807, 2.05) is 32.0 Å². The number of anilines is 2. The van der Waals surface area contributed by atoms with Crippen molar-refractivity contribution in [2.75, 3.05) is 37.3 Å². The van der Waals surface area contributed by atoms with E-state index >= 15 is 0 Å².